The van der Waals surface area contributed by atoms with E-state index in [9.17, 15) is 22.8 Å². The van der Waals surface area contributed by atoms with Crippen LogP contribution >= 0.6 is 11.3 Å². The molecule has 2 amide bonds. The molecule has 1 rings (SSSR count). The van der Waals surface area contributed by atoms with Crippen LogP contribution in [0.2, 0.25) is 0 Å². The number of anilines is 1. The average Bonchev–Trinajstić information content (AvgIpc) is 2.79. The summed E-state index contributed by atoms with van der Waals surface area (Å²) in [6.45, 7) is 5.11. The van der Waals surface area contributed by atoms with Crippen molar-refractivity contribution in [1.82, 2.24) is 9.88 Å². The molecule has 1 N–H and O–H groups in total. The molecule has 1 aromatic rings. The van der Waals surface area contributed by atoms with Crippen LogP contribution in [-0.4, -0.2) is 41.0 Å². The number of alkyl halides is 3. The molecule has 0 aliphatic rings. The van der Waals surface area contributed by atoms with Crippen molar-refractivity contribution in [3.8, 4) is 0 Å². The molecule has 0 saturated carbocycles. The van der Waals surface area contributed by atoms with Crippen molar-refractivity contribution in [2.45, 2.75) is 19.5 Å². The van der Waals surface area contributed by atoms with Crippen molar-refractivity contribution in [2.24, 2.45) is 0 Å². The van der Waals surface area contributed by atoms with E-state index >= 15 is 0 Å². The molecule has 5 nitrogen and oxygen atoms in total. The maximum Gasteiger partial charge on any atom is 0.394 e. The van der Waals surface area contributed by atoms with Gasteiger partial charge in [-0.15, -0.1) is 11.3 Å². The number of hydrogen-bond acceptors (Lipinski definition) is 4. The van der Waals surface area contributed by atoms with Crippen LogP contribution in [0.4, 0.5) is 18.3 Å². The highest BCUT2D eigenvalue weighted by molar-refractivity contribution is 7.13. The number of amides is 2. The summed E-state index contributed by atoms with van der Waals surface area (Å²) in [5.74, 6) is -0.926. The zero-order chi connectivity index (χ0) is 16.0. The first-order valence-electron chi connectivity index (χ1n) is 5.97. The monoisotopic (exact) mass is 321 g/mol. The molecular weight excluding hydrogens is 307 g/mol. The first-order chi connectivity index (χ1) is 9.75. The molecule has 0 radical (unpaired) electrons. The van der Waals surface area contributed by atoms with Gasteiger partial charge in [0.2, 0.25) is 11.8 Å². The second-order valence-corrected chi connectivity index (χ2v) is 4.90. The maximum absolute atomic E-state index is 12.2. The van der Waals surface area contributed by atoms with E-state index in [0.29, 0.717) is 6.54 Å². The SMILES string of the molecule is C=CC(=O)N(CC)CC(=O)Nc1nc(CC(F)(F)F)cs1. The predicted molar refractivity (Wildman–Crippen MR) is 73.0 cm³/mol. The van der Waals surface area contributed by atoms with E-state index in [1.54, 1.807) is 6.92 Å². The lowest BCUT2D eigenvalue weighted by molar-refractivity contribution is -0.130. The Morgan fingerprint density at radius 1 is 1.52 bits per heavy atom. The molecule has 1 heterocycles. The summed E-state index contributed by atoms with van der Waals surface area (Å²) in [6.07, 6.45) is -4.40. The largest absolute Gasteiger partial charge is 0.394 e. The molecule has 0 spiro atoms. The molecular formula is C12H14F3N3O2S. The molecule has 0 unspecified atom stereocenters. The van der Waals surface area contributed by atoms with Gasteiger partial charge in [0.15, 0.2) is 5.13 Å². The van der Waals surface area contributed by atoms with Crippen molar-refractivity contribution >= 4 is 28.3 Å². The fourth-order valence-corrected chi connectivity index (χ4v) is 2.18. The fourth-order valence-electron chi connectivity index (χ4n) is 1.46. The van der Waals surface area contributed by atoms with Gasteiger partial charge in [-0.1, -0.05) is 6.58 Å². The molecule has 0 fully saturated rings. The third kappa shape index (κ3) is 5.94. The van der Waals surface area contributed by atoms with Gasteiger partial charge in [0.25, 0.3) is 0 Å². The normalized spacial score (nSPS) is 11.0. The smallest absolute Gasteiger partial charge is 0.330 e. The van der Waals surface area contributed by atoms with Crippen molar-refractivity contribution in [3.63, 3.8) is 0 Å². The highest BCUT2D eigenvalue weighted by atomic mass is 32.1. The molecule has 0 aromatic carbocycles. The van der Waals surface area contributed by atoms with Gasteiger partial charge >= 0.3 is 6.18 Å². The number of aromatic nitrogens is 1. The van der Waals surface area contributed by atoms with Crippen LogP contribution < -0.4 is 5.32 Å². The summed E-state index contributed by atoms with van der Waals surface area (Å²) >= 11 is 0.901. The second-order valence-electron chi connectivity index (χ2n) is 4.04. The number of thiazole rings is 1. The van der Waals surface area contributed by atoms with E-state index in [4.69, 9.17) is 0 Å². The average molecular weight is 321 g/mol. The second kappa shape index (κ2) is 7.21. The molecule has 21 heavy (non-hydrogen) atoms. The summed E-state index contributed by atoms with van der Waals surface area (Å²) in [7, 11) is 0. The van der Waals surface area contributed by atoms with E-state index in [1.165, 1.54) is 10.3 Å². The lowest BCUT2D eigenvalue weighted by atomic mass is 10.3. The van der Waals surface area contributed by atoms with Crippen LogP contribution in [0.25, 0.3) is 0 Å². The summed E-state index contributed by atoms with van der Waals surface area (Å²) in [5.41, 5.74) is -0.155. The Hall–Kier alpha value is -1.90. The van der Waals surface area contributed by atoms with Crippen molar-refractivity contribution < 1.29 is 22.8 Å². The Morgan fingerprint density at radius 2 is 2.19 bits per heavy atom. The lowest BCUT2D eigenvalue weighted by Crippen LogP contribution is -2.36. The molecule has 9 heteroatoms. The predicted octanol–water partition coefficient (Wildman–Crippen LogP) is 2.22. The molecule has 0 bridgehead atoms. The van der Waals surface area contributed by atoms with E-state index in [1.807, 2.05) is 0 Å². The van der Waals surface area contributed by atoms with E-state index in [2.05, 4.69) is 16.9 Å². The Kier molecular flexibility index (Phi) is 5.89. The van der Waals surface area contributed by atoms with Gasteiger partial charge in [0.1, 0.15) is 6.54 Å². The van der Waals surface area contributed by atoms with Gasteiger partial charge in [-0.05, 0) is 13.0 Å². The number of likely N-dealkylation sites (N-methyl/N-ethyl adjacent to an activating group) is 1. The third-order valence-electron chi connectivity index (χ3n) is 2.38. The quantitative estimate of drug-likeness (QED) is 0.817. The van der Waals surface area contributed by atoms with Gasteiger partial charge in [0.05, 0.1) is 12.1 Å². The summed E-state index contributed by atoms with van der Waals surface area (Å²) < 4.78 is 36.5. The van der Waals surface area contributed by atoms with Crippen molar-refractivity contribution in [3.05, 3.63) is 23.7 Å². The van der Waals surface area contributed by atoms with E-state index < -0.39 is 24.4 Å². The standard InChI is InChI=1S/C12H14F3N3O2S/c1-3-10(20)18(4-2)6-9(19)17-11-16-8(7-21-11)5-12(13,14)15/h3,7H,1,4-6H2,2H3,(H,16,17,19). The molecule has 0 aliphatic heterocycles. The minimum Gasteiger partial charge on any atom is -0.330 e. The minimum atomic E-state index is -4.34. The highest BCUT2D eigenvalue weighted by Crippen LogP contribution is 2.24. The summed E-state index contributed by atoms with van der Waals surface area (Å²) in [5, 5.41) is 3.67. The Balaban J connectivity index is 2.59. The maximum atomic E-state index is 12.2. The van der Waals surface area contributed by atoms with Crippen LogP contribution in [0, 0.1) is 0 Å². The topological polar surface area (TPSA) is 62.3 Å². The van der Waals surface area contributed by atoms with Gasteiger partial charge < -0.3 is 10.2 Å². The van der Waals surface area contributed by atoms with Gasteiger partial charge in [0, 0.05) is 11.9 Å². The third-order valence-corrected chi connectivity index (χ3v) is 3.19. The number of nitrogens with one attached hydrogen (secondary N) is 1. The Labute approximate surface area is 123 Å². The number of rotatable bonds is 6. The highest BCUT2D eigenvalue weighted by Gasteiger charge is 2.29. The zero-order valence-electron chi connectivity index (χ0n) is 11.2. The van der Waals surface area contributed by atoms with Gasteiger partial charge in [-0.3, -0.25) is 9.59 Å². The van der Waals surface area contributed by atoms with Gasteiger partial charge in [-0.25, -0.2) is 4.98 Å². The van der Waals surface area contributed by atoms with Gasteiger partial charge in [-0.2, -0.15) is 13.2 Å². The Morgan fingerprint density at radius 3 is 2.71 bits per heavy atom. The minimum absolute atomic E-state index is 0.0707. The number of halogens is 3. The van der Waals surface area contributed by atoms with Crippen molar-refractivity contribution in [2.75, 3.05) is 18.4 Å². The number of hydrogen-bond donors (Lipinski definition) is 1. The van der Waals surface area contributed by atoms with E-state index in [0.717, 1.165) is 17.4 Å². The Bertz CT molecular complexity index is 528. The molecule has 0 aliphatic carbocycles. The number of carbonyl (C=O) groups excluding carboxylic acids is 2. The van der Waals surface area contributed by atoms with E-state index in [-0.39, 0.29) is 17.4 Å². The van der Waals surface area contributed by atoms with Crippen LogP contribution in [0.1, 0.15) is 12.6 Å². The van der Waals surface area contributed by atoms with Crippen molar-refractivity contribution in [1.29, 1.82) is 0 Å². The molecule has 116 valence electrons. The molecule has 1 aromatic heterocycles. The summed E-state index contributed by atoms with van der Waals surface area (Å²) in [4.78, 5) is 28.0. The summed E-state index contributed by atoms with van der Waals surface area (Å²) in [6, 6.07) is 0. The first-order valence-corrected chi connectivity index (χ1v) is 6.85. The first kappa shape index (κ1) is 17.2. The van der Waals surface area contributed by atoms with Crippen LogP contribution in [-0.2, 0) is 16.0 Å². The lowest BCUT2D eigenvalue weighted by Gasteiger charge is -2.17. The number of nitrogens with zero attached hydrogens (tertiary/aromatic N) is 2. The molecule has 0 saturated heterocycles. The zero-order valence-corrected chi connectivity index (χ0v) is 12.1. The molecule has 0 atom stereocenters. The van der Waals surface area contributed by atoms with Crippen LogP contribution in [0.5, 0.6) is 0 Å². The van der Waals surface area contributed by atoms with Crippen LogP contribution in [0.3, 0.4) is 0 Å². The number of carbonyl (C=O) groups is 2. The van der Waals surface area contributed by atoms with Crippen LogP contribution in [0.15, 0.2) is 18.0 Å². The fraction of sp³-hybridized carbons (Fsp3) is 0.417.